The minimum atomic E-state index is -0.0575. The van der Waals surface area contributed by atoms with Gasteiger partial charge in [0.1, 0.15) is 11.6 Å². The number of pyridine rings is 2. The van der Waals surface area contributed by atoms with Gasteiger partial charge in [-0.1, -0.05) is 131 Å². The van der Waals surface area contributed by atoms with Crippen molar-refractivity contribution in [2.75, 3.05) is 9.80 Å². The molecule has 4 nitrogen and oxygen atoms in total. The lowest BCUT2D eigenvalue weighted by atomic mass is 9.83. The van der Waals surface area contributed by atoms with Crippen molar-refractivity contribution in [1.29, 1.82) is 0 Å². The molecule has 10 aromatic rings. The first-order valence-corrected chi connectivity index (χ1v) is 23.7. The maximum Gasteiger partial charge on any atom is 0.137 e. The number of aromatic nitrogens is 2. The molecule has 2 aliphatic rings. The van der Waals surface area contributed by atoms with E-state index in [2.05, 4.69) is 190 Å². The van der Waals surface area contributed by atoms with E-state index in [1.807, 2.05) is 47.6 Å². The van der Waals surface area contributed by atoms with Crippen molar-refractivity contribution in [3.63, 3.8) is 0 Å². The van der Waals surface area contributed by atoms with E-state index in [1.54, 1.807) is 0 Å². The van der Waals surface area contributed by atoms with Crippen LogP contribution in [0.1, 0.15) is 69.1 Å². The van der Waals surface area contributed by atoms with Gasteiger partial charge in [-0.05, 0) is 112 Å². The van der Waals surface area contributed by atoms with E-state index in [-0.39, 0.29) is 16.6 Å². The summed E-state index contributed by atoms with van der Waals surface area (Å²) in [6, 6.07) is 49.4. The van der Waals surface area contributed by atoms with Gasteiger partial charge in [-0.15, -0.1) is 23.1 Å². The SMILES string of the molecule is CC(C)c1cc(N(c2ccccn2)c2cccc3c2SC2(C)C=CC=CC32)c2ccc3c(C(C)C)cc(N(c4ccccn4)c4cccc5c4sc4ccccc45)c4ccc1c2c34. The number of fused-ring (bicyclic) bond motifs is 6. The maximum absolute atomic E-state index is 5.11. The Kier molecular flexibility index (Phi) is 8.83. The number of thiophene rings is 1. The molecule has 2 atom stereocenters. The summed E-state index contributed by atoms with van der Waals surface area (Å²) in [6.45, 7) is 11.7. The van der Waals surface area contributed by atoms with Gasteiger partial charge in [-0.3, -0.25) is 9.80 Å². The first-order chi connectivity index (χ1) is 30.8. The van der Waals surface area contributed by atoms with E-state index >= 15 is 0 Å². The van der Waals surface area contributed by atoms with E-state index < -0.39 is 0 Å². The van der Waals surface area contributed by atoms with Gasteiger partial charge >= 0.3 is 0 Å². The second-order valence-electron chi connectivity index (χ2n) is 17.9. The van der Waals surface area contributed by atoms with Crippen LogP contribution in [-0.4, -0.2) is 14.7 Å². The van der Waals surface area contributed by atoms with Gasteiger partial charge in [-0.2, -0.15) is 0 Å². The summed E-state index contributed by atoms with van der Waals surface area (Å²) in [5.41, 5.74) is 8.61. The third kappa shape index (κ3) is 5.81. The molecular weight excluding hydrogens is 805 g/mol. The minimum Gasteiger partial charge on any atom is -0.293 e. The zero-order chi connectivity index (χ0) is 42.6. The van der Waals surface area contributed by atoms with Gasteiger partial charge in [0, 0.05) is 54.2 Å². The van der Waals surface area contributed by atoms with Crippen molar-refractivity contribution in [1.82, 2.24) is 9.97 Å². The molecule has 0 amide bonds. The van der Waals surface area contributed by atoms with Crippen LogP contribution in [0.4, 0.5) is 34.4 Å². The second kappa shape index (κ2) is 14.5. The summed E-state index contributed by atoms with van der Waals surface area (Å²) in [6.07, 6.45) is 13.0. The number of hydrogen-bond acceptors (Lipinski definition) is 6. The molecule has 3 aromatic heterocycles. The van der Waals surface area contributed by atoms with Crippen molar-refractivity contribution in [2.45, 2.75) is 62.0 Å². The van der Waals surface area contributed by atoms with Crippen LogP contribution in [0.25, 0.3) is 52.5 Å². The van der Waals surface area contributed by atoms with E-state index in [0.717, 1.165) is 28.7 Å². The molecule has 0 bridgehead atoms. The quantitative estimate of drug-likeness (QED) is 0.142. The molecule has 0 spiro atoms. The van der Waals surface area contributed by atoms with Gasteiger partial charge in [0.15, 0.2) is 0 Å². The molecule has 0 fully saturated rings. The number of thioether (sulfide) groups is 1. The van der Waals surface area contributed by atoms with E-state index in [1.165, 1.54) is 79.8 Å². The van der Waals surface area contributed by atoms with Crippen molar-refractivity contribution < 1.29 is 0 Å². The topological polar surface area (TPSA) is 32.3 Å². The number of rotatable bonds is 8. The molecular formula is C57H46N4S2. The van der Waals surface area contributed by atoms with Crippen LogP contribution in [-0.2, 0) is 0 Å². The lowest BCUT2D eigenvalue weighted by Gasteiger charge is -2.31. The average molecular weight is 851 g/mol. The highest BCUT2D eigenvalue weighted by molar-refractivity contribution is 8.01. The Hall–Kier alpha value is -6.47. The van der Waals surface area contributed by atoms with Crippen LogP contribution in [0.2, 0.25) is 0 Å². The Bertz CT molecular complexity index is 3480. The number of hydrogen-bond donors (Lipinski definition) is 0. The molecule has 0 saturated carbocycles. The predicted octanol–water partition coefficient (Wildman–Crippen LogP) is 17.0. The standard InChI is InChI=1S/C57H46N4S2/c1-34(2)43-32-48(60(51-23-9-12-30-58-51)46-20-14-17-39-36-16-6-7-22-50(36)62-55(39)46)41-27-25-38-44(35(3)4)33-49(42-28-26-37(43)53(41)54(38)42)61(52-24-10-13-31-59-52)47-21-15-18-40-45-19-8-11-29-57(45,5)63-56(40)47/h6-35,45H,1-5H3. The van der Waals surface area contributed by atoms with Crippen LogP contribution >= 0.6 is 23.1 Å². The molecule has 0 radical (unpaired) electrons. The molecule has 1 aliphatic carbocycles. The predicted molar refractivity (Wildman–Crippen MR) is 271 cm³/mol. The number of anilines is 6. The van der Waals surface area contributed by atoms with Crippen LogP contribution in [0.3, 0.4) is 0 Å². The van der Waals surface area contributed by atoms with Crippen LogP contribution in [0.15, 0.2) is 175 Å². The Labute approximate surface area is 376 Å². The van der Waals surface area contributed by atoms with Crippen LogP contribution in [0.5, 0.6) is 0 Å². The minimum absolute atomic E-state index is 0.0575. The second-order valence-corrected chi connectivity index (χ2v) is 20.4. The first kappa shape index (κ1) is 38.2. The summed E-state index contributed by atoms with van der Waals surface area (Å²) in [7, 11) is 0. The summed E-state index contributed by atoms with van der Waals surface area (Å²) in [4.78, 5) is 16.4. The molecule has 4 heterocycles. The van der Waals surface area contributed by atoms with Gasteiger partial charge in [0.05, 0.1) is 27.4 Å². The molecule has 306 valence electrons. The third-order valence-electron chi connectivity index (χ3n) is 13.4. The van der Waals surface area contributed by atoms with Gasteiger partial charge < -0.3 is 0 Å². The summed E-state index contributed by atoms with van der Waals surface area (Å²) >= 11 is 3.84. The first-order valence-electron chi connectivity index (χ1n) is 22.1. The zero-order valence-corrected chi connectivity index (χ0v) is 37.6. The van der Waals surface area contributed by atoms with E-state index in [0.29, 0.717) is 5.92 Å². The van der Waals surface area contributed by atoms with Gasteiger partial charge in [0.2, 0.25) is 0 Å². The lowest BCUT2D eigenvalue weighted by Crippen LogP contribution is -2.22. The highest BCUT2D eigenvalue weighted by Gasteiger charge is 2.43. The van der Waals surface area contributed by atoms with Gasteiger partial charge in [-0.25, -0.2) is 9.97 Å². The molecule has 0 N–H and O–H groups in total. The number of allylic oxidation sites excluding steroid dienone is 3. The Morgan fingerprint density at radius 1 is 0.540 bits per heavy atom. The summed E-state index contributed by atoms with van der Waals surface area (Å²) < 4.78 is 2.48. The highest BCUT2D eigenvalue weighted by atomic mass is 32.2. The van der Waals surface area contributed by atoms with E-state index in [4.69, 9.17) is 9.97 Å². The zero-order valence-electron chi connectivity index (χ0n) is 36.0. The molecule has 12 rings (SSSR count). The molecule has 0 saturated heterocycles. The number of nitrogens with zero attached hydrogens (tertiary/aromatic N) is 4. The Morgan fingerprint density at radius 3 is 1.75 bits per heavy atom. The lowest BCUT2D eigenvalue weighted by molar-refractivity contribution is 0.702. The average Bonchev–Trinajstić information content (AvgIpc) is 3.85. The Morgan fingerprint density at radius 2 is 1.11 bits per heavy atom. The molecule has 1 aliphatic heterocycles. The van der Waals surface area contributed by atoms with Crippen molar-refractivity contribution in [3.05, 3.63) is 187 Å². The van der Waals surface area contributed by atoms with Gasteiger partial charge in [0.25, 0.3) is 0 Å². The third-order valence-corrected chi connectivity index (χ3v) is 16.1. The molecule has 7 aromatic carbocycles. The summed E-state index contributed by atoms with van der Waals surface area (Å²) in [5.74, 6) is 2.64. The van der Waals surface area contributed by atoms with Crippen molar-refractivity contribution in [3.8, 4) is 0 Å². The fraction of sp³-hybridized carbons (Fsp3) is 0.158. The maximum atomic E-state index is 5.11. The Balaban J connectivity index is 1.18. The van der Waals surface area contributed by atoms with Crippen LogP contribution < -0.4 is 9.80 Å². The number of benzene rings is 7. The largest absolute Gasteiger partial charge is 0.293 e. The van der Waals surface area contributed by atoms with Crippen LogP contribution in [0, 0.1) is 0 Å². The fourth-order valence-electron chi connectivity index (χ4n) is 10.5. The molecule has 6 heteroatoms. The smallest absolute Gasteiger partial charge is 0.137 e. The van der Waals surface area contributed by atoms with Crippen molar-refractivity contribution in [2.24, 2.45) is 0 Å². The van der Waals surface area contributed by atoms with E-state index in [9.17, 15) is 0 Å². The monoisotopic (exact) mass is 850 g/mol. The molecule has 2 unspecified atom stereocenters. The van der Waals surface area contributed by atoms with Crippen molar-refractivity contribution >= 4 is 110 Å². The summed E-state index contributed by atoms with van der Waals surface area (Å²) in [5, 5.41) is 10.2. The normalized spacial score (nSPS) is 17.0. The highest BCUT2D eigenvalue weighted by Crippen LogP contribution is 2.60. The molecule has 63 heavy (non-hydrogen) atoms. The fourth-order valence-corrected chi connectivity index (χ4v) is 13.2.